The molecule has 126 valence electrons. The molecule has 2 rings (SSSR count). The average Bonchev–Trinajstić information content (AvgIpc) is 2.92. The van der Waals surface area contributed by atoms with E-state index in [4.69, 9.17) is 4.74 Å². The minimum Gasteiger partial charge on any atom is -0.444 e. The smallest absolute Gasteiger partial charge is 0.410 e. The number of amides is 1. The van der Waals surface area contributed by atoms with Crippen molar-refractivity contribution < 1.29 is 14.3 Å². The molecular weight excluding hydrogens is 358 g/mol. The van der Waals surface area contributed by atoms with E-state index in [0.717, 1.165) is 17.3 Å². The van der Waals surface area contributed by atoms with Crippen LogP contribution in [0.4, 0.5) is 4.79 Å². The lowest BCUT2D eigenvalue weighted by Gasteiger charge is -2.28. The van der Waals surface area contributed by atoms with Crippen molar-refractivity contribution in [1.29, 1.82) is 0 Å². The summed E-state index contributed by atoms with van der Waals surface area (Å²) in [7, 11) is 0. The molecular formula is C18H24BrNO3. The molecule has 0 saturated carbocycles. The highest BCUT2D eigenvalue weighted by molar-refractivity contribution is 9.10. The van der Waals surface area contributed by atoms with Crippen molar-refractivity contribution in [1.82, 2.24) is 4.90 Å². The molecule has 1 aromatic carbocycles. The third-order valence-corrected chi connectivity index (χ3v) is 4.58. The van der Waals surface area contributed by atoms with E-state index in [9.17, 15) is 9.59 Å². The van der Waals surface area contributed by atoms with Gasteiger partial charge >= 0.3 is 6.09 Å². The number of carbonyl (C=O) groups excluding carboxylic acids is 2. The van der Waals surface area contributed by atoms with Gasteiger partial charge in [0, 0.05) is 29.0 Å². The van der Waals surface area contributed by atoms with Gasteiger partial charge < -0.3 is 9.64 Å². The van der Waals surface area contributed by atoms with Gasteiger partial charge in [-0.05, 0) is 46.1 Å². The van der Waals surface area contributed by atoms with Crippen LogP contribution in [0.1, 0.15) is 56.8 Å². The number of hydrogen-bond acceptors (Lipinski definition) is 3. The lowest BCUT2D eigenvalue weighted by molar-refractivity contribution is 0.0218. The third kappa shape index (κ3) is 5.06. The molecule has 1 heterocycles. The van der Waals surface area contributed by atoms with Gasteiger partial charge in [-0.1, -0.05) is 34.1 Å². The molecule has 1 aromatic rings. The van der Waals surface area contributed by atoms with Crippen LogP contribution in [0.5, 0.6) is 0 Å². The van der Waals surface area contributed by atoms with Crippen LogP contribution >= 0.6 is 15.9 Å². The van der Waals surface area contributed by atoms with Gasteiger partial charge in [-0.15, -0.1) is 0 Å². The first-order valence-electron chi connectivity index (χ1n) is 8.05. The molecule has 1 aliphatic rings. The van der Waals surface area contributed by atoms with E-state index in [1.165, 1.54) is 0 Å². The molecule has 0 radical (unpaired) electrons. The number of ketones is 1. The number of carbonyl (C=O) groups is 2. The summed E-state index contributed by atoms with van der Waals surface area (Å²) < 4.78 is 6.28. The zero-order valence-electron chi connectivity index (χ0n) is 14.0. The second kappa shape index (κ2) is 7.47. The second-order valence-electron chi connectivity index (χ2n) is 6.91. The maximum absolute atomic E-state index is 12.4. The zero-order chi connectivity index (χ0) is 17.0. The van der Waals surface area contributed by atoms with E-state index in [1.54, 1.807) is 4.90 Å². The first-order valence-corrected chi connectivity index (χ1v) is 8.84. The quantitative estimate of drug-likeness (QED) is 0.702. The Morgan fingerprint density at radius 1 is 1.30 bits per heavy atom. The van der Waals surface area contributed by atoms with E-state index in [-0.39, 0.29) is 17.9 Å². The molecule has 1 amide bonds. The highest BCUT2D eigenvalue weighted by atomic mass is 79.9. The molecule has 1 atom stereocenters. The van der Waals surface area contributed by atoms with Crippen molar-refractivity contribution in [3.05, 3.63) is 34.3 Å². The zero-order valence-corrected chi connectivity index (χ0v) is 15.6. The predicted octanol–water partition coefficient (Wildman–Crippen LogP) is 4.81. The third-order valence-electron chi connectivity index (χ3n) is 3.88. The summed E-state index contributed by atoms with van der Waals surface area (Å²) in [6.07, 6.45) is 2.75. The van der Waals surface area contributed by atoms with Crippen molar-refractivity contribution in [3.8, 4) is 0 Å². The summed E-state index contributed by atoms with van der Waals surface area (Å²) in [5, 5.41) is 0. The monoisotopic (exact) mass is 381 g/mol. The van der Waals surface area contributed by atoms with Crippen LogP contribution in [-0.2, 0) is 4.74 Å². The number of halogens is 1. The van der Waals surface area contributed by atoms with Gasteiger partial charge in [0.1, 0.15) is 5.60 Å². The van der Waals surface area contributed by atoms with Crippen LogP contribution in [0, 0.1) is 0 Å². The first-order chi connectivity index (χ1) is 10.8. The minimum absolute atomic E-state index is 0.0938. The second-order valence-corrected chi connectivity index (χ2v) is 7.77. The fourth-order valence-corrected chi connectivity index (χ4v) is 3.32. The lowest BCUT2D eigenvalue weighted by Crippen LogP contribution is -2.40. The van der Waals surface area contributed by atoms with Gasteiger partial charge in [0.05, 0.1) is 0 Å². The van der Waals surface area contributed by atoms with Gasteiger partial charge in [-0.25, -0.2) is 4.79 Å². The maximum atomic E-state index is 12.4. The number of hydrogen-bond donors (Lipinski definition) is 0. The van der Waals surface area contributed by atoms with Crippen molar-refractivity contribution in [2.75, 3.05) is 6.54 Å². The Labute approximate surface area is 146 Å². The molecule has 0 N–H and O–H groups in total. The summed E-state index contributed by atoms with van der Waals surface area (Å²) in [5.74, 6) is 0.105. The van der Waals surface area contributed by atoms with E-state index in [0.29, 0.717) is 24.9 Å². The molecule has 5 heteroatoms. The minimum atomic E-state index is -0.491. The summed E-state index contributed by atoms with van der Waals surface area (Å²) in [4.78, 5) is 26.4. The van der Waals surface area contributed by atoms with E-state index < -0.39 is 5.60 Å². The highest BCUT2D eigenvalue weighted by Crippen LogP contribution is 2.25. The molecule has 1 fully saturated rings. The molecule has 0 aliphatic carbocycles. The summed E-state index contributed by atoms with van der Waals surface area (Å²) in [6.45, 7) is 6.31. The molecule has 1 aliphatic heterocycles. The molecule has 1 saturated heterocycles. The normalized spacial score (nSPS) is 18.1. The molecule has 0 bridgehead atoms. The van der Waals surface area contributed by atoms with Gasteiger partial charge in [-0.2, -0.15) is 0 Å². The summed E-state index contributed by atoms with van der Waals surface area (Å²) >= 11 is 3.41. The van der Waals surface area contributed by atoms with Gasteiger partial charge in [-0.3, -0.25) is 4.79 Å². The van der Waals surface area contributed by atoms with Crippen LogP contribution < -0.4 is 0 Å². The average molecular weight is 382 g/mol. The van der Waals surface area contributed by atoms with Crippen molar-refractivity contribution in [2.24, 2.45) is 0 Å². The van der Waals surface area contributed by atoms with Crippen LogP contribution in [0.2, 0.25) is 0 Å². The van der Waals surface area contributed by atoms with Crippen LogP contribution in [0.15, 0.2) is 28.7 Å². The number of nitrogens with zero attached hydrogens (tertiary/aromatic N) is 1. The van der Waals surface area contributed by atoms with Crippen molar-refractivity contribution in [3.63, 3.8) is 0 Å². The molecule has 0 aromatic heterocycles. The Morgan fingerprint density at radius 2 is 2.00 bits per heavy atom. The van der Waals surface area contributed by atoms with Crippen LogP contribution in [0.3, 0.4) is 0 Å². The van der Waals surface area contributed by atoms with E-state index in [1.807, 2.05) is 45.0 Å². The summed E-state index contributed by atoms with van der Waals surface area (Å²) in [6, 6.07) is 7.54. The van der Waals surface area contributed by atoms with E-state index >= 15 is 0 Å². The Kier molecular flexibility index (Phi) is 5.84. The number of benzene rings is 1. The van der Waals surface area contributed by atoms with Gasteiger partial charge in [0.25, 0.3) is 0 Å². The Balaban J connectivity index is 1.93. The van der Waals surface area contributed by atoms with Crippen molar-refractivity contribution in [2.45, 2.75) is 58.1 Å². The van der Waals surface area contributed by atoms with Crippen molar-refractivity contribution >= 4 is 27.8 Å². The van der Waals surface area contributed by atoms with E-state index in [2.05, 4.69) is 15.9 Å². The Hall–Kier alpha value is -1.36. The van der Waals surface area contributed by atoms with Crippen LogP contribution in [-0.4, -0.2) is 35.0 Å². The largest absolute Gasteiger partial charge is 0.444 e. The van der Waals surface area contributed by atoms with Gasteiger partial charge in [0.2, 0.25) is 0 Å². The predicted molar refractivity (Wildman–Crippen MR) is 93.7 cm³/mol. The SMILES string of the molecule is CC(C)(C)OC(=O)N1CCCC1CCC(=O)c1ccccc1Br. The highest BCUT2D eigenvalue weighted by Gasteiger charge is 2.32. The maximum Gasteiger partial charge on any atom is 0.410 e. The molecule has 0 spiro atoms. The standard InChI is InChI=1S/C18H24BrNO3/c1-18(2,3)23-17(22)20-12-6-7-13(20)10-11-16(21)14-8-4-5-9-15(14)19/h4-5,8-9,13H,6-7,10-12H2,1-3H3. The number of likely N-dealkylation sites (tertiary alicyclic amines) is 1. The van der Waals surface area contributed by atoms with Gasteiger partial charge in [0.15, 0.2) is 5.78 Å². The molecule has 4 nitrogen and oxygen atoms in total. The van der Waals surface area contributed by atoms with Crippen LogP contribution in [0.25, 0.3) is 0 Å². The number of ether oxygens (including phenoxy) is 1. The fourth-order valence-electron chi connectivity index (χ4n) is 2.82. The first kappa shape index (κ1) is 18.0. The summed E-state index contributed by atoms with van der Waals surface area (Å²) in [5.41, 5.74) is 0.212. The molecule has 23 heavy (non-hydrogen) atoms. The topological polar surface area (TPSA) is 46.6 Å². The number of rotatable bonds is 4. The number of Topliss-reactive ketones (excluding diaryl/α,β-unsaturated/α-hetero) is 1. The fraction of sp³-hybridized carbons (Fsp3) is 0.556. The lowest BCUT2D eigenvalue weighted by atomic mass is 10.0. The Morgan fingerprint density at radius 3 is 2.65 bits per heavy atom. The Bertz CT molecular complexity index is 580. The molecule has 1 unspecified atom stereocenters.